The highest BCUT2D eigenvalue weighted by Crippen LogP contribution is 2.39. The number of rotatable bonds is 4. The van der Waals surface area contributed by atoms with Crippen molar-refractivity contribution in [3.05, 3.63) is 41.1 Å². The van der Waals surface area contributed by atoms with E-state index in [9.17, 15) is 0 Å². The predicted octanol–water partition coefficient (Wildman–Crippen LogP) is 5.58. The molecule has 1 N–H and O–H groups in total. The first kappa shape index (κ1) is 13.8. The summed E-state index contributed by atoms with van der Waals surface area (Å²) in [7, 11) is 0. The molecule has 2 rings (SSSR count). The Morgan fingerprint density at radius 1 is 1.35 bits per heavy atom. The van der Waals surface area contributed by atoms with E-state index < -0.39 is 0 Å². The van der Waals surface area contributed by atoms with Gasteiger partial charge in [0.15, 0.2) is 0 Å². The molecule has 0 fully saturated rings. The van der Waals surface area contributed by atoms with Crippen LogP contribution < -0.4 is 5.32 Å². The summed E-state index contributed by atoms with van der Waals surface area (Å²) in [6.45, 7) is 2.96. The third-order valence-corrected chi connectivity index (χ3v) is 5.49. The molecule has 0 aliphatic heterocycles. The van der Waals surface area contributed by atoms with Crippen LogP contribution in [0.1, 0.15) is 23.4 Å². The van der Waals surface area contributed by atoms with Crippen molar-refractivity contribution < 1.29 is 0 Å². The molecular formula is C11H10BrCl2NS2. The lowest BCUT2D eigenvalue weighted by molar-refractivity contribution is 0.641. The highest BCUT2D eigenvalue weighted by atomic mass is 79.9. The van der Waals surface area contributed by atoms with E-state index in [-0.39, 0.29) is 6.04 Å². The molecule has 2 aromatic heterocycles. The van der Waals surface area contributed by atoms with Gasteiger partial charge in [0, 0.05) is 10.4 Å². The molecule has 0 aromatic carbocycles. The van der Waals surface area contributed by atoms with Gasteiger partial charge in [0.25, 0.3) is 0 Å². The maximum absolute atomic E-state index is 6.22. The molecule has 1 unspecified atom stereocenters. The number of halogens is 3. The van der Waals surface area contributed by atoms with Gasteiger partial charge < -0.3 is 5.32 Å². The molecule has 6 heteroatoms. The molecule has 0 aliphatic rings. The number of nitrogens with one attached hydrogen (secondary N) is 1. The summed E-state index contributed by atoms with van der Waals surface area (Å²) in [6.07, 6.45) is 0. The van der Waals surface area contributed by atoms with Crippen LogP contribution >= 0.6 is 61.8 Å². The summed E-state index contributed by atoms with van der Waals surface area (Å²) in [5.41, 5.74) is 1.05. The Morgan fingerprint density at radius 3 is 2.59 bits per heavy atom. The topological polar surface area (TPSA) is 12.0 Å². The highest BCUT2D eigenvalue weighted by molar-refractivity contribution is 9.11. The van der Waals surface area contributed by atoms with Crippen molar-refractivity contribution in [1.29, 1.82) is 0 Å². The van der Waals surface area contributed by atoms with Gasteiger partial charge >= 0.3 is 0 Å². The first-order valence-corrected chi connectivity index (χ1v) is 8.23. The lowest BCUT2D eigenvalue weighted by Gasteiger charge is -2.15. The van der Waals surface area contributed by atoms with E-state index in [1.165, 1.54) is 16.2 Å². The monoisotopic (exact) mass is 369 g/mol. The number of hydrogen-bond acceptors (Lipinski definition) is 3. The zero-order chi connectivity index (χ0) is 12.4. The molecule has 2 aromatic rings. The first-order chi connectivity index (χ1) is 8.11. The van der Waals surface area contributed by atoms with Gasteiger partial charge in [-0.15, -0.1) is 22.7 Å². The Morgan fingerprint density at radius 2 is 2.12 bits per heavy atom. The average Bonchev–Trinajstić information content (AvgIpc) is 2.82. The minimum Gasteiger partial charge on any atom is -0.306 e. The standard InChI is InChI=1S/C11H10BrCl2NS2/c1-2-15-10(7-3-4-8(12)16-7)6-5-9(13)17-11(6)14/h3-5,10,15H,2H2,1H3. The summed E-state index contributed by atoms with van der Waals surface area (Å²) < 4.78 is 2.60. The normalized spacial score (nSPS) is 12.9. The zero-order valence-electron chi connectivity index (χ0n) is 8.97. The second-order valence-electron chi connectivity index (χ2n) is 3.41. The molecule has 1 nitrogen and oxygen atoms in total. The fraction of sp³-hybridized carbons (Fsp3) is 0.273. The largest absolute Gasteiger partial charge is 0.306 e. The van der Waals surface area contributed by atoms with E-state index in [1.54, 1.807) is 11.3 Å². The summed E-state index contributed by atoms with van der Waals surface area (Å²) in [5.74, 6) is 0. The van der Waals surface area contributed by atoms with Crippen molar-refractivity contribution in [2.75, 3.05) is 6.54 Å². The summed E-state index contributed by atoms with van der Waals surface area (Å²) in [6, 6.07) is 6.21. The van der Waals surface area contributed by atoms with Crippen LogP contribution in [0.25, 0.3) is 0 Å². The van der Waals surface area contributed by atoms with Crippen molar-refractivity contribution in [2.24, 2.45) is 0 Å². The Bertz CT molecular complexity index is 509. The quantitative estimate of drug-likeness (QED) is 0.740. The Balaban J connectivity index is 2.38. The Kier molecular flexibility index (Phi) is 4.92. The van der Waals surface area contributed by atoms with Crippen LogP contribution in [0.2, 0.25) is 8.67 Å². The average molecular weight is 371 g/mol. The van der Waals surface area contributed by atoms with E-state index in [1.807, 2.05) is 12.1 Å². The van der Waals surface area contributed by atoms with Gasteiger partial charge in [0.1, 0.15) is 0 Å². The van der Waals surface area contributed by atoms with Crippen LogP contribution in [-0.4, -0.2) is 6.54 Å². The molecule has 1 atom stereocenters. The van der Waals surface area contributed by atoms with E-state index in [4.69, 9.17) is 23.2 Å². The number of hydrogen-bond donors (Lipinski definition) is 1. The zero-order valence-corrected chi connectivity index (χ0v) is 13.7. The molecule has 0 radical (unpaired) electrons. The van der Waals surface area contributed by atoms with E-state index in [0.29, 0.717) is 0 Å². The van der Waals surface area contributed by atoms with Crippen LogP contribution in [0.5, 0.6) is 0 Å². The SMILES string of the molecule is CCNC(c1ccc(Br)s1)c1cc(Cl)sc1Cl. The third kappa shape index (κ3) is 3.25. The minimum atomic E-state index is 0.118. The first-order valence-electron chi connectivity index (χ1n) is 5.05. The van der Waals surface area contributed by atoms with Gasteiger partial charge in [-0.3, -0.25) is 0 Å². The highest BCUT2D eigenvalue weighted by Gasteiger charge is 2.20. The van der Waals surface area contributed by atoms with Crippen LogP contribution in [-0.2, 0) is 0 Å². The lowest BCUT2D eigenvalue weighted by Crippen LogP contribution is -2.20. The predicted molar refractivity (Wildman–Crippen MR) is 81.9 cm³/mol. The molecule has 0 saturated heterocycles. The second kappa shape index (κ2) is 6.04. The van der Waals surface area contributed by atoms with Crippen LogP contribution in [0.4, 0.5) is 0 Å². The molecule has 2 heterocycles. The minimum absolute atomic E-state index is 0.118. The van der Waals surface area contributed by atoms with E-state index in [2.05, 4.69) is 34.2 Å². The maximum Gasteiger partial charge on any atom is 0.0995 e. The van der Waals surface area contributed by atoms with Gasteiger partial charge in [-0.05, 0) is 40.7 Å². The summed E-state index contributed by atoms with van der Waals surface area (Å²) in [4.78, 5) is 1.23. The van der Waals surface area contributed by atoms with Crippen molar-refractivity contribution >= 4 is 61.8 Å². The van der Waals surface area contributed by atoms with E-state index in [0.717, 1.165) is 24.6 Å². The van der Waals surface area contributed by atoms with Gasteiger partial charge in [-0.25, -0.2) is 0 Å². The van der Waals surface area contributed by atoms with Gasteiger partial charge in [0.2, 0.25) is 0 Å². The van der Waals surface area contributed by atoms with E-state index >= 15 is 0 Å². The Hall–Kier alpha value is 0.420. The van der Waals surface area contributed by atoms with Crippen molar-refractivity contribution in [3.63, 3.8) is 0 Å². The van der Waals surface area contributed by atoms with Crippen molar-refractivity contribution in [3.8, 4) is 0 Å². The Labute approximate surface area is 127 Å². The number of thiophene rings is 2. The fourth-order valence-electron chi connectivity index (χ4n) is 1.60. The van der Waals surface area contributed by atoms with Crippen LogP contribution in [0.15, 0.2) is 22.0 Å². The third-order valence-electron chi connectivity index (χ3n) is 2.28. The van der Waals surface area contributed by atoms with Crippen LogP contribution in [0.3, 0.4) is 0 Å². The van der Waals surface area contributed by atoms with Gasteiger partial charge in [0.05, 0.1) is 18.5 Å². The van der Waals surface area contributed by atoms with Crippen LogP contribution in [0, 0.1) is 0 Å². The maximum atomic E-state index is 6.22. The molecule has 17 heavy (non-hydrogen) atoms. The van der Waals surface area contributed by atoms with Gasteiger partial charge in [-0.1, -0.05) is 30.1 Å². The molecule has 0 saturated carbocycles. The van der Waals surface area contributed by atoms with Crippen molar-refractivity contribution in [1.82, 2.24) is 5.32 Å². The molecular weight excluding hydrogens is 361 g/mol. The molecule has 0 aliphatic carbocycles. The summed E-state index contributed by atoms with van der Waals surface area (Å²) >= 11 is 18.8. The second-order valence-corrected chi connectivity index (χ2v) is 8.19. The summed E-state index contributed by atoms with van der Waals surface area (Å²) in [5, 5.41) is 3.44. The molecule has 92 valence electrons. The van der Waals surface area contributed by atoms with Gasteiger partial charge in [-0.2, -0.15) is 0 Å². The van der Waals surface area contributed by atoms with Crippen molar-refractivity contribution in [2.45, 2.75) is 13.0 Å². The molecule has 0 bridgehead atoms. The lowest BCUT2D eigenvalue weighted by atomic mass is 10.1. The smallest absolute Gasteiger partial charge is 0.0995 e. The fourth-order valence-corrected chi connectivity index (χ4v) is 4.65. The molecule has 0 spiro atoms. The molecule has 0 amide bonds.